The van der Waals surface area contributed by atoms with Gasteiger partial charge in [0.1, 0.15) is 11.9 Å². The van der Waals surface area contributed by atoms with Crippen LogP contribution in [-0.4, -0.2) is 4.98 Å². The number of anilines is 1. The number of nitrogens with zero attached hydrogens (tertiary/aromatic N) is 1. The SMILES string of the molecule is CC(Oc1cccc(N)c1)c1cccnc1. The molecule has 0 fully saturated rings. The summed E-state index contributed by atoms with van der Waals surface area (Å²) < 4.78 is 5.76. The lowest BCUT2D eigenvalue weighted by molar-refractivity contribution is 0.226. The molecule has 0 amide bonds. The number of pyridine rings is 1. The fraction of sp³-hybridized carbons (Fsp3) is 0.154. The average Bonchev–Trinajstić information content (AvgIpc) is 2.30. The van der Waals surface area contributed by atoms with Gasteiger partial charge in [-0.3, -0.25) is 4.98 Å². The van der Waals surface area contributed by atoms with Gasteiger partial charge in [0, 0.05) is 29.7 Å². The molecule has 0 saturated heterocycles. The van der Waals surface area contributed by atoms with Crippen LogP contribution in [0.3, 0.4) is 0 Å². The molecule has 1 aromatic heterocycles. The standard InChI is InChI=1S/C13H14N2O/c1-10(11-4-3-7-15-9-11)16-13-6-2-5-12(14)8-13/h2-10H,14H2,1H3. The molecular weight excluding hydrogens is 200 g/mol. The van der Waals surface area contributed by atoms with Crippen LogP contribution in [0.1, 0.15) is 18.6 Å². The van der Waals surface area contributed by atoms with Gasteiger partial charge in [-0.1, -0.05) is 12.1 Å². The van der Waals surface area contributed by atoms with E-state index < -0.39 is 0 Å². The Morgan fingerprint density at radius 2 is 2.12 bits per heavy atom. The van der Waals surface area contributed by atoms with Crippen LogP contribution in [0, 0.1) is 0 Å². The van der Waals surface area contributed by atoms with Crippen molar-refractivity contribution in [2.75, 3.05) is 5.73 Å². The molecule has 82 valence electrons. The average molecular weight is 214 g/mol. The number of benzene rings is 1. The Bertz CT molecular complexity index is 456. The second-order valence-electron chi connectivity index (χ2n) is 3.62. The smallest absolute Gasteiger partial charge is 0.122 e. The minimum absolute atomic E-state index is 0.0319. The van der Waals surface area contributed by atoms with E-state index in [1.807, 2.05) is 43.3 Å². The van der Waals surface area contributed by atoms with Crippen LogP contribution >= 0.6 is 0 Å². The monoisotopic (exact) mass is 214 g/mol. The Labute approximate surface area is 94.9 Å². The maximum Gasteiger partial charge on any atom is 0.122 e. The van der Waals surface area contributed by atoms with Gasteiger partial charge in [0.15, 0.2) is 0 Å². The van der Waals surface area contributed by atoms with Gasteiger partial charge in [-0.25, -0.2) is 0 Å². The van der Waals surface area contributed by atoms with Crippen LogP contribution in [0.15, 0.2) is 48.8 Å². The highest BCUT2D eigenvalue weighted by Gasteiger charge is 2.06. The molecule has 0 aliphatic heterocycles. The fourth-order valence-electron chi connectivity index (χ4n) is 1.48. The lowest BCUT2D eigenvalue weighted by Crippen LogP contribution is -2.03. The summed E-state index contributed by atoms with van der Waals surface area (Å²) in [7, 11) is 0. The zero-order valence-electron chi connectivity index (χ0n) is 9.13. The highest BCUT2D eigenvalue weighted by Crippen LogP contribution is 2.22. The Morgan fingerprint density at radius 1 is 1.25 bits per heavy atom. The number of nitrogen functional groups attached to an aromatic ring is 1. The van der Waals surface area contributed by atoms with E-state index in [-0.39, 0.29) is 6.10 Å². The molecule has 0 aliphatic carbocycles. The Morgan fingerprint density at radius 3 is 2.81 bits per heavy atom. The molecule has 3 heteroatoms. The quantitative estimate of drug-likeness (QED) is 0.799. The third kappa shape index (κ3) is 2.51. The maximum atomic E-state index is 5.76. The molecule has 0 spiro atoms. The first-order valence-electron chi connectivity index (χ1n) is 5.18. The van der Waals surface area contributed by atoms with E-state index in [0.29, 0.717) is 5.69 Å². The maximum absolute atomic E-state index is 5.76. The van der Waals surface area contributed by atoms with Gasteiger partial charge in [0.2, 0.25) is 0 Å². The minimum Gasteiger partial charge on any atom is -0.486 e. The van der Waals surface area contributed by atoms with Gasteiger partial charge in [-0.15, -0.1) is 0 Å². The summed E-state index contributed by atoms with van der Waals surface area (Å²) in [5.41, 5.74) is 7.43. The van der Waals surface area contributed by atoms with Crippen molar-refractivity contribution >= 4 is 5.69 Å². The highest BCUT2D eigenvalue weighted by molar-refractivity contribution is 5.43. The van der Waals surface area contributed by atoms with Gasteiger partial charge in [-0.2, -0.15) is 0 Å². The van der Waals surface area contributed by atoms with Crippen LogP contribution in [0.5, 0.6) is 5.75 Å². The first kappa shape index (κ1) is 10.5. The zero-order valence-corrected chi connectivity index (χ0v) is 9.13. The third-order valence-electron chi connectivity index (χ3n) is 2.32. The van der Waals surface area contributed by atoms with Crippen LogP contribution < -0.4 is 10.5 Å². The largest absolute Gasteiger partial charge is 0.486 e. The van der Waals surface area contributed by atoms with Crippen molar-refractivity contribution in [2.45, 2.75) is 13.0 Å². The van der Waals surface area contributed by atoms with Crippen LogP contribution in [0.2, 0.25) is 0 Å². The number of rotatable bonds is 3. The van der Waals surface area contributed by atoms with E-state index in [1.54, 1.807) is 12.4 Å². The Balaban J connectivity index is 2.11. The topological polar surface area (TPSA) is 48.1 Å². The summed E-state index contributed by atoms with van der Waals surface area (Å²) in [5, 5.41) is 0. The second kappa shape index (κ2) is 4.66. The van der Waals surface area contributed by atoms with Crippen molar-refractivity contribution in [3.05, 3.63) is 54.4 Å². The molecule has 1 unspecified atom stereocenters. The van der Waals surface area contributed by atoms with Gasteiger partial charge in [0.25, 0.3) is 0 Å². The first-order valence-corrected chi connectivity index (χ1v) is 5.18. The molecule has 0 bridgehead atoms. The fourth-order valence-corrected chi connectivity index (χ4v) is 1.48. The summed E-state index contributed by atoms with van der Waals surface area (Å²) in [4.78, 5) is 4.06. The van der Waals surface area contributed by atoms with Crippen LogP contribution in [-0.2, 0) is 0 Å². The highest BCUT2D eigenvalue weighted by atomic mass is 16.5. The molecule has 2 aromatic rings. The van der Waals surface area contributed by atoms with Crippen LogP contribution in [0.4, 0.5) is 5.69 Å². The van der Waals surface area contributed by atoms with Crippen molar-refractivity contribution in [1.29, 1.82) is 0 Å². The molecule has 0 aliphatic rings. The molecule has 0 radical (unpaired) electrons. The lowest BCUT2D eigenvalue weighted by atomic mass is 10.2. The third-order valence-corrected chi connectivity index (χ3v) is 2.32. The Hall–Kier alpha value is -2.03. The molecule has 2 N–H and O–H groups in total. The number of hydrogen-bond donors (Lipinski definition) is 1. The van der Waals surface area contributed by atoms with Crippen molar-refractivity contribution in [2.24, 2.45) is 0 Å². The number of ether oxygens (including phenoxy) is 1. The molecular formula is C13H14N2O. The summed E-state index contributed by atoms with van der Waals surface area (Å²) in [6, 6.07) is 11.3. The zero-order chi connectivity index (χ0) is 11.4. The van der Waals surface area contributed by atoms with Crippen molar-refractivity contribution in [3.63, 3.8) is 0 Å². The van der Waals surface area contributed by atoms with Gasteiger partial charge >= 0.3 is 0 Å². The Kier molecular flexibility index (Phi) is 3.05. The summed E-state index contributed by atoms with van der Waals surface area (Å²) >= 11 is 0. The molecule has 1 aromatic carbocycles. The van der Waals surface area contributed by atoms with E-state index in [9.17, 15) is 0 Å². The van der Waals surface area contributed by atoms with Crippen molar-refractivity contribution in [3.8, 4) is 5.75 Å². The first-order chi connectivity index (χ1) is 7.75. The number of hydrogen-bond acceptors (Lipinski definition) is 3. The molecule has 1 atom stereocenters. The van der Waals surface area contributed by atoms with Crippen molar-refractivity contribution in [1.82, 2.24) is 4.98 Å². The number of aromatic nitrogens is 1. The predicted molar refractivity (Wildman–Crippen MR) is 64.1 cm³/mol. The summed E-state index contributed by atoms with van der Waals surface area (Å²) in [5.74, 6) is 0.774. The van der Waals surface area contributed by atoms with Gasteiger partial charge < -0.3 is 10.5 Å². The lowest BCUT2D eigenvalue weighted by Gasteiger charge is -2.14. The predicted octanol–water partition coefficient (Wildman–Crippen LogP) is 2.80. The van der Waals surface area contributed by atoms with Gasteiger partial charge in [0.05, 0.1) is 0 Å². The van der Waals surface area contributed by atoms with E-state index in [0.717, 1.165) is 11.3 Å². The molecule has 16 heavy (non-hydrogen) atoms. The molecule has 3 nitrogen and oxygen atoms in total. The molecule has 1 heterocycles. The second-order valence-corrected chi connectivity index (χ2v) is 3.62. The normalized spacial score (nSPS) is 12.1. The summed E-state index contributed by atoms with van der Waals surface area (Å²) in [6.07, 6.45) is 3.52. The molecule has 2 rings (SSSR count). The summed E-state index contributed by atoms with van der Waals surface area (Å²) in [6.45, 7) is 1.99. The van der Waals surface area contributed by atoms with E-state index in [2.05, 4.69) is 4.98 Å². The molecule has 0 saturated carbocycles. The van der Waals surface area contributed by atoms with Gasteiger partial charge in [-0.05, 0) is 25.1 Å². The number of nitrogens with two attached hydrogens (primary N) is 1. The van der Waals surface area contributed by atoms with E-state index >= 15 is 0 Å². The van der Waals surface area contributed by atoms with E-state index in [1.165, 1.54) is 0 Å². The van der Waals surface area contributed by atoms with Crippen molar-refractivity contribution < 1.29 is 4.74 Å². The van der Waals surface area contributed by atoms with E-state index in [4.69, 9.17) is 10.5 Å². The minimum atomic E-state index is -0.0319. The van der Waals surface area contributed by atoms with Crippen LogP contribution in [0.25, 0.3) is 0 Å².